The van der Waals surface area contributed by atoms with E-state index < -0.39 is 0 Å². The van der Waals surface area contributed by atoms with Crippen molar-refractivity contribution in [3.8, 4) is 5.75 Å². The Balaban J connectivity index is 1.31. The number of rotatable bonds is 5. The van der Waals surface area contributed by atoms with Gasteiger partial charge in [-0.25, -0.2) is 0 Å². The molecule has 0 radical (unpaired) electrons. The van der Waals surface area contributed by atoms with Crippen molar-refractivity contribution in [3.05, 3.63) is 54.1 Å². The molecule has 0 bridgehead atoms. The quantitative estimate of drug-likeness (QED) is 0.815. The minimum absolute atomic E-state index is 0.191. The molecular formula is C19H21N3O3. The highest BCUT2D eigenvalue weighted by molar-refractivity contribution is 6.05. The van der Waals surface area contributed by atoms with Crippen molar-refractivity contribution in [1.82, 2.24) is 4.90 Å². The molecule has 1 amide bonds. The first-order valence-corrected chi connectivity index (χ1v) is 8.43. The Morgan fingerprint density at radius 3 is 2.48 bits per heavy atom. The van der Waals surface area contributed by atoms with E-state index in [2.05, 4.69) is 10.2 Å². The lowest BCUT2D eigenvalue weighted by molar-refractivity contribution is -0.115. The van der Waals surface area contributed by atoms with Crippen LogP contribution in [0.5, 0.6) is 5.75 Å². The number of para-hydroxylation sites is 2. The Kier molecular flexibility index (Phi) is 4.29. The summed E-state index contributed by atoms with van der Waals surface area (Å²) in [6.45, 7) is 3.54. The van der Waals surface area contributed by atoms with E-state index in [0.717, 1.165) is 32.1 Å². The zero-order chi connectivity index (χ0) is 17.2. The molecule has 2 aliphatic rings. The molecule has 2 aromatic rings. The third kappa shape index (κ3) is 3.45. The summed E-state index contributed by atoms with van der Waals surface area (Å²) in [6, 6.07) is 15.0. The molecule has 0 saturated carbocycles. The molecule has 4 rings (SSSR count). The Morgan fingerprint density at radius 1 is 1.12 bits per heavy atom. The van der Waals surface area contributed by atoms with Crippen LogP contribution in [0.25, 0.3) is 0 Å². The van der Waals surface area contributed by atoms with Crippen molar-refractivity contribution < 1.29 is 14.3 Å². The number of anilines is 2. The monoisotopic (exact) mass is 339 g/mol. The highest BCUT2D eigenvalue weighted by Crippen LogP contribution is 2.23. The highest BCUT2D eigenvalue weighted by Gasteiger charge is 2.37. The Hall–Kier alpha value is -2.57. The number of likely N-dealkylation sites (tertiary alicyclic amines) is 1. The van der Waals surface area contributed by atoms with E-state index in [1.807, 2.05) is 24.3 Å². The van der Waals surface area contributed by atoms with Gasteiger partial charge in [0.2, 0.25) is 0 Å². The lowest BCUT2D eigenvalue weighted by Gasteiger charge is -2.46. The fraction of sp³-hybridized carbons (Fsp3) is 0.316. The van der Waals surface area contributed by atoms with Gasteiger partial charge in [0.15, 0.2) is 0 Å². The van der Waals surface area contributed by atoms with Gasteiger partial charge in [0.05, 0.1) is 30.6 Å². The topological polar surface area (TPSA) is 76.8 Å². The van der Waals surface area contributed by atoms with Crippen LogP contribution in [0.2, 0.25) is 0 Å². The molecule has 2 heterocycles. The Labute approximate surface area is 146 Å². The van der Waals surface area contributed by atoms with E-state index in [1.54, 1.807) is 24.3 Å². The fourth-order valence-electron chi connectivity index (χ4n) is 2.96. The molecule has 2 aliphatic heterocycles. The molecule has 6 heteroatoms. The van der Waals surface area contributed by atoms with Crippen molar-refractivity contribution in [3.63, 3.8) is 0 Å². The van der Waals surface area contributed by atoms with Gasteiger partial charge >= 0.3 is 0 Å². The second kappa shape index (κ2) is 6.74. The SMILES string of the molecule is Nc1ccccc1NC(=O)c1ccc(OC2CN(C3COC3)C2)cc1. The number of ether oxygens (including phenoxy) is 2. The van der Waals surface area contributed by atoms with Gasteiger partial charge in [-0.05, 0) is 36.4 Å². The third-order valence-electron chi connectivity index (χ3n) is 4.64. The molecule has 0 aromatic heterocycles. The summed E-state index contributed by atoms with van der Waals surface area (Å²) in [7, 11) is 0. The molecular weight excluding hydrogens is 318 g/mol. The van der Waals surface area contributed by atoms with Crippen LogP contribution in [0.1, 0.15) is 10.4 Å². The van der Waals surface area contributed by atoms with Gasteiger partial charge in [-0.2, -0.15) is 0 Å². The zero-order valence-corrected chi connectivity index (χ0v) is 13.9. The van der Waals surface area contributed by atoms with Crippen molar-refractivity contribution in [2.24, 2.45) is 0 Å². The summed E-state index contributed by atoms with van der Waals surface area (Å²) in [5.41, 5.74) is 7.57. The zero-order valence-electron chi connectivity index (χ0n) is 13.9. The largest absolute Gasteiger partial charge is 0.488 e. The third-order valence-corrected chi connectivity index (χ3v) is 4.64. The maximum Gasteiger partial charge on any atom is 0.255 e. The van der Waals surface area contributed by atoms with Gasteiger partial charge in [-0.3, -0.25) is 9.69 Å². The van der Waals surface area contributed by atoms with E-state index in [-0.39, 0.29) is 12.0 Å². The number of carbonyl (C=O) groups excluding carboxylic acids is 1. The maximum atomic E-state index is 12.3. The number of nitrogens with zero attached hydrogens (tertiary/aromatic N) is 1. The van der Waals surface area contributed by atoms with E-state index in [0.29, 0.717) is 23.0 Å². The predicted molar refractivity (Wildman–Crippen MR) is 95.8 cm³/mol. The summed E-state index contributed by atoms with van der Waals surface area (Å²) >= 11 is 0. The molecule has 3 N–H and O–H groups in total. The number of nitrogens with two attached hydrogens (primary N) is 1. The second-order valence-electron chi connectivity index (χ2n) is 6.45. The van der Waals surface area contributed by atoms with Crippen LogP contribution in [0.3, 0.4) is 0 Å². The first kappa shape index (κ1) is 15.9. The van der Waals surface area contributed by atoms with Gasteiger partial charge in [0.25, 0.3) is 5.91 Å². The summed E-state index contributed by atoms with van der Waals surface area (Å²) in [5.74, 6) is 0.592. The number of nitrogens with one attached hydrogen (secondary N) is 1. The number of benzene rings is 2. The molecule has 25 heavy (non-hydrogen) atoms. The average Bonchev–Trinajstić information content (AvgIpc) is 2.54. The van der Waals surface area contributed by atoms with Crippen molar-refractivity contribution in [2.45, 2.75) is 12.1 Å². The van der Waals surface area contributed by atoms with Crippen LogP contribution >= 0.6 is 0 Å². The van der Waals surface area contributed by atoms with Crippen LogP contribution in [0.15, 0.2) is 48.5 Å². The molecule has 2 aromatic carbocycles. The number of carbonyl (C=O) groups is 1. The maximum absolute atomic E-state index is 12.3. The number of hydrogen-bond donors (Lipinski definition) is 2. The number of hydrogen-bond acceptors (Lipinski definition) is 5. The normalized spacial score (nSPS) is 18.2. The summed E-state index contributed by atoms with van der Waals surface area (Å²) < 4.78 is 11.1. The van der Waals surface area contributed by atoms with Gasteiger partial charge in [0.1, 0.15) is 11.9 Å². The van der Waals surface area contributed by atoms with Crippen LogP contribution < -0.4 is 15.8 Å². The van der Waals surface area contributed by atoms with E-state index in [4.69, 9.17) is 15.2 Å². The lowest BCUT2D eigenvalue weighted by atomic mass is 10.1. The molecule has 2 fully saturated rings. The van der Waals surface area contributed by atoms with Crippen molar-refractivity contribution in [2.75, 3.05) is 37.4 Å². The first-order valence-electron chi connectivity index (χ1n) is 8.43. The molecule has 130 valence electrons. The minimum atomic E-state index is -0.191. The van der Waals surface area contributed by atoms with Crippen LogP contribution in [0, 0.1) is 0 Å². The first-order chi connectivity index (χ1) is 12.2. The van der Waals surface area contributed by atoms with Crippen molar-refractivity contribution in [1.29, 1.82) is 0 Å². The van der Waals surface area contributed by atoms with E-state index >= 15 is 0 Å². The number of nitrogen functional groups attached to an aromatic ring is 1. The van der Waals surface area contributed by atoms with E-state index in [1.165, 1.54) is 0 Å². The summed E-state index contributed by atoms with van der Waals surface area (Å²) in [4.78, 5) is 14.7. The smallest absolute Gasteiger partial charge is 0.255 e. The van der Waals surface area contributed by atoms with Gasteiger partial charge in [0, 0.05) is 18.7 Å². The Morgan fingerprint density at radius 2 is 1.84 bits per heavy atom. The molecule has 6 nitrogen and oxygen atoms in total. The summed E-state index contributed by atoms with van der Waals surface area (Å²) in [6.07, 6.45) is 0.212. The Bertz CT molecular complexity index is 753. The number of amides is 1. The molecule has 0 aliphatic carbocycles. The van der Waals surface area contributed by atoms with Crippen LogP contribution in [0.4, 0.5) is 11.4 Å². The lowest BCUT2D eigenvalue weighted by Crippen LogP contribution is -2.62. The van der Waals surface area contributed by atoms with Gasteiger partial charge in [-0.1, -0.05) is 12.1 Å². The minimum Gasteiger partial charge on any atom is -0.488 e. The average molecular weight is 339 g/mol. The molecule has 0 spiro atoms. The van der Waals surface area contributed by atoms with Gasteiger partial charge < -0.3 is 20.5 Å². The fourth-order valence-corrected chi connectivity index (χ4v) is 2.96. The standard InChI is InChI=1S/C19H21N3O3/c20-17-3-1-2-4-18(17)21-19(23)13-5-7-15(8-6-13)25-16-9-22(10-16)14-11-24-12-14/h1-8,14,16H,9-12,20H2,(H,21,23). The van der Waals surface area contributed by atoms with Crippen molar-refractivity contribution >= 4 is 17.3 Å². The predicted octanol–water partition coefficient (Wildman–Crippen LogP) is 1.98. The van der Waals surface area contributed by atoms with Gasteiger partial charge in [-0.15, -0.1) is 0 Å². The van der Waals surface area contributed by atoms with Crippen LogP contribution in [-0.4, -0.2) is 49.3 Å². The second-order valence-corrected chi connectivity index (χ2v) is 6.45. The molecule has 0 unspecified atom stereocenters. The van der Waals surface area contributed by atoms with E-state index in [9.17, 15) is 4.79 Å². The summed E-state index contributed by atoms with van der Waals surface area (Å²) in [5, 5.41) is 2.82. The molecule has 0 atom stereocenters. The van der Waals surface area contributed by atoms with Crippen LogP contribution in [-0.2, 0) is 4.74 Å². The highest BCUT2D eigenvalue weighted by atomic mass is 16.5. The molecule has 2 saturated heterocycles.